The number of phosphoric acid groups is 3. The predicted molar refractivity (Wildman–Crippen MR) is 104 cm³/mol. The summed E-state index contributed by atoms with van der Waals surface area (Å²) in [6.45, 7) is 1.27. The lowest BCUT2D eigenvalue weighted by Crippen LogP contribution is -2.66. The van der Waals surface area contributed by atoms with E-state index in [1.54, 1.807) is 0 Å². The van der Waals surface area contributed by atoms with Gasteiger partial charge >= 0.3 is 0 Å². The molecule has 0 aliphatic rings. The summed E-state index contributed by atoms with van der Waals surface area (Å²) < 4.78 is 34.7. The Balaban J connectivity index is -0.0000000154. The molecular weight excluding hydrogens is 520 g/mol. The van der Waals surface area contributed by atoms with Crippen LogP contribution >= 0.6 is 23.5 Å². The van der Waals surface area contributed by atoms with Gasteiger partial charge in [-0.3, -0.25) is 13.2 Å². The minimum Gasteiger partial charge on any atom is -0.900 e. The normalized spacial score (nSPS) is 8.59. The number of rotatable bonds is 5. The van der Waals surface area contributed by atoms with Crippen molar-refractivity contribution in [2.45, 2.75) is 19.3 Å². The molecule has 0 aromatic heterocycles. The maximum Gasteiger partial charge on any atom is 0.275 e. The molecule has 0 aromatic carbocycles. The van der Waals surface area contributed by atoms with E-state index in [9.17, 15) is 53.5 Å². The van der Waals surface area contributed by atoms with E-state index in [4.69, 9.17) is 10.0 Å². The summed E-state index contributed by atoms with van der Waals surface area (Å²) in [6, 6.07) is 0. The summed E-state index contributed by atoms with van der Waals surface area (Å²) in [4.78, 5) is 48.6. The average Bonchev–Trinajstić information content (AvgIpc) is 2.10. The first-order valence-electron chi connectivity index (χ1n) is 4.34. The highest BCUT2D eigenvalue weighted by Gasteiger charge is 2.13. The van der Waals surface area contributed by atoms with Gasteiger partial charge in [-0.15, -0.1) is 0 Å². The van der Waals surface area contributed by atoms with Crippen LogP contribution in [0.4, 0.5) is 0 Å². The summed E-state index contributed by atoms with van der Waals surface area (Å²) in [5, 5.41) is 44.6. The molecule has 0 amide bonds. The maximum absolute atomic E-state index is 10.1. The van der Waals surface area contributed by atoms with Crippen LogP contribution in [0.5, 0.6) is 0 Å². The van der Waals surface area contributed by atoms with E-state index in [0.29, 0.717) is 0 Å². The van der Waals surface area contributed by atoms with Crippen LogP contribution in [0.15, 0.2) is 0 Å². The van der Waals surface area contributed by atoms with E-state index in [0.717, 1.165) is 0 Å². The molecule has 0 aliphatic carbocycles. The summed E-state index contributed by atoms with van der Waals surface area (Å²) in [7, 11) is -18.4. The molecule has 40 N–H and O–H groups in total. The fourth-order valence-electron chi connectivity index (χ4n) is 0.260. The fourth-order valence-corrected chi connectivity index (χ4v) is 2.61. The largest absolute Gasteiger partial charge is 0.900 e. The Morgan fingerprint density at radius 2 is 0.750 bits per heavy atom. The van der Waals surface area contributed by atoms with E-state index in [2.05, 4.69) is 8.62 Å². The molecule has 0 atom stereocenters. The van der Waals surface area contributed by atoms with Crippen LogP contribution in [0.3, 0.4) is 0 Å². The van der Waals surface area contributed by atoms with Crippen LogP contribution in [-0.4, -0.2) is 13.7 Å². The van der Waals surface area contributed by atoms with Crippen molar-refractivity contribution in [1.82, 2.24) is 61.5 Å². The van der Waals surface area contributed by atoms with Gasteiger partial charge in [-0.25, -0.2) is 7.69 Å². The van der Waals surface area contributed by atoms with Crippen LogP contribution in [0.1, 0.15) is 13.3 Å². The molecule has 0 spiro atoms. The van der Waals surface area contributed by atoms with Crippen molar-refractivity contribution in [2.24, 2.45) is 0 Å². The quantitative estimate of drug-likeness (QED) is 0.0843. The van der Waals surface area contributed by atoms with Gasteiger partial charge in [-0.2, -0.15) is 0 Å². The number of hydrogen-bond acceptors (Lipinski definition) is 15. The Hall–Kier alpha value is -0.125. The van der Waals surface area contributed by atoms with Gasteiger partial charge in [0, 0.05) is 0 Å². The molecule has 0 unspecified atom stereocenters. The molecule has 29 heteroatoms. The van der Waals surface area contributed by atoms with Crippen LogP contribution in [0.25, 0.3) is 0 Å². The lowest BCUT2D eigenvalue weighted by molar-refractivity contribution is -0.903. The molecule has 32 heavy (non-hydrogen) atoms. The van der Waals surface area contributed by atoms with Gasteiger partial charge in [-0.1, -0.05) is 13.3 Å². The van der Waals surface area contributed by atoms with Crippen molar-refractivity contribution in [3.63, 3.8) is 0 Å². The van der Waals surface area contributed by atoms with Gasteiger partial charge in [0.1, 0.15) is 0 Å². The number of quaternary nitrogens is 10. The van der Waals surface area contributed by atoms with Gasteiger partial charge in [0.05, 0.1) is 15.6 Å². The van der Waals surface area contributed by atoms with Gasteiger partial charge in [0.25, 0.3) is 7.82 Å². The predicted octanol–water partition coefficient (Wildman–Crippen LogP) is -5.72. The van der Waals surface area contributed by atoms with E-state index in [1.807, 2.05) is 0 Å². The molecule has 0 fully saturated rings. The molecule has 0 rings (SSSR count). The summed E-state index contributed by atoms with van der Waals surface area (Å²) in [5.74, 6) is -3.21. The van der Waals surface area contributed by atoms with E-state index in [1.165, 1.54) is 6.92 Å². The van der Waals surface area contributed by atoms with E-state index >= 15 is 0 Å². The molecular formula is C3H45BN10O15P3. The molecule has 0 bridgehead atoms. The first-order chi connectivity index (χ1) is 9.39. The van der Waals surface area contributed by atoms with Gasteiger partial charge in [-0.05, 0) is 0 Å². The van der Waals surface area contributed by atoms with E-state index in [-0.39, 0.29) is 61.5 Å². The maximum atomic E-state index is 10.1. The zero-order valence-corrected chi connectivity index (χ0v) is 22.9. The summed E-state index contributed by atoms with van der Waals surface area (Å²) >= 11 is 0. The van der Waals surface area contributed by atoms with Crippen molar-refractivity contribution >= 4 is 31.2 Å². The van der Waals surface area contributed by atoms with Gasteiger partial charge in [0.2, 0.25) is 0 Å². The second kappa shape index (κ2) is 35.5. The molecule has 0 saturated carbocycles. The molecule has 0 aliphatic heterocycles. The molecule has 0 heterocycles. The minimum absolute atomic E-state index is 0. The third-order valence-corrected chi connectivity index (χ3v) is 4.03. The molecule has 25 nitrogen and oxygen atoms in total. The molecule has 1 radical (unpaired) electrons. The Morgan fingerprint density at radius 1 is 0.625 bits per heavy atom. The monoisotopic (exact) mass is 565 g/mol. The SMILES string of the molecule is CCC([O-])([O-])[O-].O=P([O-])([O-])OP(=O)([O-])OP(=O)([O-])[O-].[NH4+].[NH4+].[NH4+].[NH4+].[NH4+].[NH4+].[NH4+].[NH4+].[NH4+].[NH4+].[O-][B][O-]. The Kier molecular flexibility index (Phi) is 94.5. The van der Waals surface area contributed by atoms with Crippen LogP contribution in [0.2, 0.25) is 0 Å². The number of hydrogen-bond donors (Lipinski definition) is 10. The van der Waals surface area contributed by atoms with Gasteiger partial charge < -0.3 is 126 Å². The Bertz CT molecular complexity index is 417. The molecule has 0 saturated heterocycles. The fraction of sp³-hybridized carbons (Fsp3) is 1.00. The summed E-state index contributed by atoms with van der Waals surface area (Å²) in [5.41, 5.74) is 0. The highest BCUT2D eigenvalue weighted by atomic mass is 31.3. The van der Waals surface area contributed by atoms with Gasteiger partial charge in [0.15, 0.2) is 0 Å². The highest BCUT2D eigenvalue weighted by molar-refractivity contribution is 7.64. The highest BCUT2D eigenvalue weighted by Crippen LogP contribution is 2.57. The van der Waals surface area contributed by atoms with Crippen molar-refractivity contribution in [1.29, 1.82) is 0 Å². The minimum atomic E-state index is -5.97. The lowest BCUT2D eigenvalue weighted by Gasteiger charge is -2.57. The third kappa shape index (κ3) is 113. The molecule has 215 valence electrons. The Morgan fingerprint density at radius 3 is 0.812 bits per heavy atom. The second-order valence-electron chi connectivity index (χ2n) is 2.64. The van der Waals surface area contributed by atoms with Crippen LogP contribution < -0.4 is 111 Å². The average molecular weight is 565 g/mol. The van der Waals surface area contributed by atoms with Crippen LogP contribution in [0, 0.1) is 0 Å². The van der Waals surface area contributed by atoms with Crippen molar-refractivity contribution in [3.8, 4) is 0 Å². The summed E-state index contributed by atoms with van der Waals surface area (Å²) in [6.07, 6.45) is -0.396. The zero-order valence-electron chi connectivity index (χ0n) is 20.2. The first-order valence-corrected chi connectivity index (χ1v) is 8.72. The smallest absolute Gasteiger partial charge is 0.275 e. The lowest BCUT2D eigenvalue weighted by atomic mass is 10.4. The van der Waals surface area contributed by atoms with Crippen molar-refractivity contribution in [2.75, 3.05) is 0 Å². The molecule has 0 aromatic rings. The standard InChI is InChI=1S/C3H5O3.BO2.10H3N.H5O10P3/c1-2-3(4,5)6;2-1-3;;;;;;;;;;;1-11(2,3)9-13(7,8)10-12(4,5)6/h2H2,1H3;;10*1H3;(H,7,8)(H2,1,2,3)(H2,4,5,6)/q-3;-2;;;;;;;;;;;/p+5. The topological polar surface area (TPSA) is 665 Å². The zero-order chi connectivity index (χ0) is 18.8. The Labute approximate surface area is 185 Å². The van der Waals surface area contributed by atoms with Crippen LogP contribution in [-0.2, 0) is 22.3 Å². The first kappa shape index (κ1) is 85.3. The van der Waals surface area contributed by atoms with E-state index < -0.39 is 43.5 Å². The second-order valence-corrected chi connectivity index (χ2v) is 6.63. The van der Waals surface area contributed by atoms with Crippen molar-refractivity contribution in [3.05, 3.63) is 0 Å². The van der Waals surface area contributed by atoms with Crippen molar-refractivity contribution < 1.29 is 72.2 Å². The third-order valence-electron chi connectivity index (χ3n) is 0.833.